The number of hydrogen-bond donors (Lipinski definition) is 13. The molecule has 0 spiro atoms. The number of aliphatic hydroxyl groups is 1. The predicted molar refractivity (Wildman–Crippen MR) is 261 cm³/mol. The molecule has 3 rings (SSSR count). The normalized spacial score (nSPS) is 16.7. The van der Waals surface area contributed by atoms with Gasteiger partial charge in [0.1, 0.15) is 48.3 Å². The van der Waals surface area contributed by atoms with E-state index >= 15 is 0 Å². The van der Waals surface area contributed by atoms with Crippen molar-refractivity contribution in [3.8, 4) is 0 Å². The summed E-state index contributed by atoms with van der Waals surface area (Å²) in [6.45, 7) is 0.723. The minimum Gasteiger partial charge on any atom is -0.480 e. The maximum absolute atomic E-state index is 14.3. The lowest BCUT2D eigenvalue weighted by molar-refractivity contribution is -0.141. The number of nitrogens with two attached hydrogens (primary N) is 2. The molecule has 1 aliphatic heterocycles. The molecule has 0 saturated carbocycles. The van der Waals surface area contributed by atoms with E-state index in [1.54, 1.807) is 66.9 Å². The third kappa shape index (κ3) is 18.5. The van der Waals surface area contributed by atoms with E-state index in [9.17, 15) is 58.2 Å². The van der Waals surface area contributed by atoms with Crippen LogP contribution in [0, 0.1) is 0 Å². The fraction of sp³-hybridized carbons (Fsp3) is 0.500. The Morgan fingerprint density at radius 2 is 1.16 bits per heavy atom. The molecule has 9 atom stereocenters. The van der Waals surface area contributed by atoms with Gasteiger partial charge in [-0.15, -0.1) is 0 Å². The van der Waals surface area contributed by atoms with Gasteiger partial charge >= 0.3 is 5.97 Å². The zero-order valence-electron chi connectivity index (χ0n) is 38.1. The number of aliphatic carboxylic acids is 1. The van der Waals surface area contributed by atoms with E-state index in [1.807, 2.05) is 0 Å². The van der Waals surface area contributed by atoms with Gasteiger partial charge in [0.15, 0.2) is 0 Å². The molecule has 9 amide bonds. The molecule has 1 fully saturated rings. The van der Waals surface area contributed by atoms with Crippen molar-refractivity contribution in [2.75, 3.05) is 36.7 Å². The first-order valence-electron chi connectivity index (χ1n) is 21.9. The molecule has 2 aromatic rings. The molecule has 2 aromatic carbocycles. The largest absolute Gasteiger partial charge is 0.480 e. The second-order valence-corrected chi connectivity index (χ2v) is 17.8. The molecule has 0 aromatic heterocycles. The van der Waals surface area contributed by atoms with Crippen molar-refractivity contribution < 1.29 is 58.2 Å². The van der Waals surface area contributed by atoms with Crippen LogP contribution in [0.2, 0.25) is 0 Å². The number of nitrogens with one attached hydrogen (secondary N) is 7. The Balaban J connectivity index is 1.83. The zero-order chi connectivity index (χ0) is 51.2. The average molecular weight is 1020 g/mol. The van der Waals surface area contributed by atoms with Gasteiger partial charge in [-0.2, -0.15) is 37.0 Å². The Kier molecular flexibility index (Phi) is 24.3. The molecular formula is C44H62N10O12S3. The molecule has 69 heavy (non-hydrogen) atoms. The van der Waals surface area contributed by atoms with E-state index in [2.05, 4.69) is 62.5 Å². The van der Waals surface area contributed by atoms with Crippen molar-refractivity contribution in [2.24, 2.45) is 11.5 Å². The van der Waals surface area contributed by atoms with E-state index in [4.69, 9.17) is 11.5 Å². The smallest absolute Gasteiger partial charge is 0.327 e. The van der Waals surface area contributed by atoms with Gasteiger partial charge in [-0.3, -0.25) is 43.2 Å². The van der Waals surface area contributed by atoms with E-state index in [-0.39, 0.29) is 37.3 Å². The first kappa shape index (κ1) is 57.4. The van der Waals surface area contributed by atoms with Crippen molar-refractivity contribution in [2.45, 2.75) is 99.8 Å². The molecular weight excluding hydrogens is 957 g/mol. The number of amides is 9. The third-order valence-electron chi connectivity index (χ3n) is 10.8. The second kappa shape index (κ2) is 29.2. The summed E-state index contributed by atoms with van der Waals surface area (Å²) in [5.41, 5.74) is 12.4. The van der Waals surface area contributed by atoms with Gasteiger partial charge in [0.05, 0.1) is 19.1 Å². The van der Waals surface area contributed by atoms with Crippen LogP contribution in [0.25, 0.3) is 0 Å². The van der Waals surface area contributed by atoms with Crippen LogP contribution >= 0.6 is 37.0 Å². The van der Waals surface area contributed by atoms with Crippen LogP contribution in [-0.2, 0) is 60.8 Å². The molecule has 0 bridgehead atoms. The summed E-state index contributed by atoms with van der Waals surface area (Å²) >= 11 is 9.34. The number of carboxylic acid groups (broad SMARTS) is 1. The highest BCUT2D eigenvalue weighted by Crippen LogP contribution is 2.19. The first-order chi connectivity index (χ1) is 32.8. The molecule has 25 heteroatoms. The molecule has 1 heterocycles. The van der Waals surface area contributed by atoms with Crippen LogP contribution in [0.1, 0.15) is 43.7 Å². The SMILES string of the molecule is CSCC[C@H](NC(=O)[C@H](C)NC(=O)[C@H](CO)NC(=O)[C@@H]1CCCN1C(=O)[C@@H](N)CS)C(=O)N[C@@H](Cc1ccccc1)C(=O)N[C@@H](Cc1ccccc1)C(=O)N[C@@H](CC(N)=O)C(=O)N[C@@H](CS)C(=O)O. The second-order valence-electron chi connectivity index (χ2n) is 16.1. The van der Waals surface area contributed by atoms with E-state index < -0.39 is 127 Å². The lowest BCUT2D eigenvalue weighted by atomic mass is 10.0. The van der Waals surface area contributed by atoms with Gasteiger partial charge in [-0.1, -0.05) is 60.7 Å². The van der Waals surface area contributed by atoms with Gasteiger partial charge in [0, 0.05) is 30.9 Å². The maximum atomic E-state index is 14.3. The van der Waals surface area contributed by atoms with Crippen molar-refractivity contribution >= 4 is 96.2 Å². The molecule has 0 unspecified atom stereocenters. The summed E-state index contributed by atoms with van der Waals surface area (Å²) in [6.07, 6.45) is 1.64. The van der Waals surface area contributed by atoms with Gasteiger partial charge in [-0.05, 0) is 49.3 Å². The Hall–Kier alpha value is -5.89. The third-order valence-corrected chi connectivity index (χ3v) is 12.2. The number of hydrogen-bond acceptors (Lipinski definition) is 15. The van der Waals surface area contributed by atoms with E-state index in [0.29, 0.717) is 29.7 Å². The fourth-order valence-corrected chi connectivity index (χ4v) is 7.92. The van der Waals surface area contributed by atoms with Crippen LogP contribution in [0.3, 0.4) is 0 Å². The van der Waals surface area contributed by atoms with Crippen LogP contribution in [-0.4, -0.2) is 165 Å². The van der Waals surface area contributed by atoms with Gasteiger partial charge in [0.2, 0.25) is 53.2 Å². The van der Waals surface area contributed by atoms with E-state index in [1.165, 1.54) is 23.6 Å². The molecule has 378 valence electrons. The fourth-order valence-electron chi connectivity index (χ4n) is 7.04. The van der Waals surface area contributed by atoms with Crippen LogP contribution in [0.5, 0.6) is 0 Å². The quantitative estimate of drug-likeness (QED) is 0.0373. The van der Waals surface area contributed by atoms with Crippen LogP contribution in [0.15, 0.2) is 60.7 Å². The molecule has 13 N–H and O–H groups in total. The topological polar surface area (TPSA) is 351 Å². The Morgan fingerprint density at radius 1 is 0.681 bits per heavy atom. The highest BCUT2D eigenvalue weighted by Gasteiger charge is 2.38. The van der Waals surface area contributed by atoms with Gasteiger partial charge < -0.3 is 63.8 Å². The average Bonchev–Trinajstić information content (AvgIpc) is 3.83. The van der Waals surface area contributed by atoms with E-state index in [0.717, 1.165) is 0 Å². The Bertz CT molecular complexity index is 2110. The number of benzene rings is 2. The highest BCUT2D eigenvalue weighted by atomic mass is 32.2. The summed E-state index contributed by atoms with van der Waals surface area (Å²) in [4.78, 5) is 133. The van der Waals surface area contributed by atoms with Crippen molar-refractivity contribution in [3.05, 3.63) is 71.8 Å². The number of carbonyl (C=O) groups is 10. The number of likely N-dealkylation sites (tertiary alicyclic amines) is 1. The number of thiol groups is 2. The Morgan fingerprint density at radius 3 is 1.64 bits per heavy atom. The summed E-state index contributed by atoms with van der Waals surface area (Å²) in [5, 5.41) is 36.9. The molecule has 22 nitrogen and oxygen atoms in total. The summed E-state index contributed by atoms with van der Waals surface area (Å²) < 4.78 is 0. The minimum atomic E-state index is -1.66. The van der Waals surface area contributed by atoms with Crippen molar-refractivity contribution in [1.29, 1.82) is 0 Å². The van der Waals surface area contributed by atoms with Gasteiger partial charge in [-0.25, -0.2) is 4.79 Å². The number of aliphatic hydroxyl groups excluding tert-OH is 1. The molecule has 1 saturated heterocycles. The standard InChI is InChI=1S/C44H62N10O12S3/c1-24(47-41(62)32(21-55)52-42(63)34-14-9-16-54(34)43(64)27(45)22-67)36(57)48-28(15-17-69-2)37(58)49-29(18-25-10-5-3-6-11-25)38(59)50-30(19-26-12-7-4-8-13-26)39(60)51-31(20-35(46)56)40(61)53-33(23-68)44(65)66/h3-8,10-13,24,27-34,55,67-68H,9,14-23,45H2,1-2H3,(H2,46,56)(H,47,62)(H,48,57)(H,49,58)(H,50,59)(H,51,60)(H,52,63)(H,53,61)(H,65,66)/t24-,27-,28-,29-,30-,31-,32-,33-,34-/m0/s1. The van der Waals surface area contributed by atoms with Crippen molar-refractivity contribution in [1.82, 2.24) is 42.1 Å². The van der Waals surface area contributed by atoms with Crippen molar-refractivity contribution in [3.63, 3.8) is 0 Å². The highest BCUT2D eigenvalue weighted by molar-refractivity contribution is 7.98. The number of thioether (sulfide) groups is 1. The summed E-state index contributed by atoms with van der Waals surface area (Å²) in [7, 11) is 0. The number of primary amides is 1. The molecule has 0 aliphatic carbocycles. The predicted octanol–water partition coefficient (Wildman–Crippen LogP) is -3.23. The van der Waals surface area contributed by atoms with Gasteiger partial charge in [0.25, 0.3) is 0 Å². The molecule has 1 aliphatic rings. The minimum absolute atomic E-state index is 0.0503. The summed E-state index contributed by atoms with van der Waals surface area (Å²) in [6, 6.07) is 5.03. The van der Waals surface area contributed by atoms with Crippen LogP contribution in [0.4, 0.5) is 0 Å². The first-order valence-corrected chi connectivity index (χ1v) is 24.6. The van der Waals surface area contributed by atoms with Crippen LogP contribution < -0.4 is 48.7 Å². The lowest BCUT2D eigenvalue weighted by Crippen LogP contribution is -2.61. The monoisotopic (exact) mass is 1020 g/mol. The number of carboxylic acids is 1. The number of carbonyl (C=O) groups excluding carboxylic acids is 9. The number of nitrogens with zero attached hydrogens (tertiary/aromatic N) is 1. The zero-order valence-corrected chi connectivity index (χ0v) is 40.7. The maximum Gasteiger partial charge on any atom is 0.327 e. The summed E-state index contributed by atoms with van der Waals surface area (Å²) in [5.74, 6) is -8.96. The molecule has 0 radical (unpaired) electrons. The Labute approximate surface area is 414 Å². The number of rotatable bonds is 28. The lowest BCUT2D eigenvalue weighted by Gasteiger charge is -2.28.